The maximum Gasteiger partial charge on any atom is 0.319 e. The second kappa shape index (κ2) is 6.92. The van der Waals surface area contributed by atoms with E-state index in [9.17, 15) is 4.79 Å². The van der Waals surface area contributed by atoms with Crippen LogP contribution in [-0.2, 0) is 0 Å². The van der Waals surface area contributed by atoms with Gasteiger partial charge in [0.15, 0.2) is 0 Å². The fraction of sp³-hybridized carbons (Fsp3) is 0.200. The molecule has 2 heterocycles. The molecule has 6 nitrogen and oxygen atoms in total. The topological polar surface area (TPSA) is 76.4 Å². The van der Waals surface area contributed by atoms with Crippen LogP contribution in [0.5, 0.6) is 5.75 Å². The number of urea groups is 1. The number of ether oxygens (including phenoxy) is 1. The van der Waals surface area contributed by atoms with Crippen LogP contribution in [0.25, 0.3) is 11.5 Å². The lowest BCUT2D eigenvalue weighted by atomic mass is 9.94. The van der Waals surface area contributed by atoms with Gasteiger partial charge in [-0.15, -0.1) is 0 Å². The molecule has 0 saturated carbocycles. The van der Waals surface area contributed by atoms with Crippen LogP contribution in [0.2, 0.25) is 0 Å². The number of nitrogens with zero attached hydrogens (tertiary/aromatic N) is 1. The molecule has 0 bridgehead atoms. The van der Waals surface area contributed by atoms with Crippen LogP contribution < -0.4 is 15.4 Å². The second-order valence-electron chi connectivity index (χ2n) is 6.26. The molecule has 0 fully saturated rings. The maximum absolute atomic E-state index is 12.4. The molecule has 2 aromatic carbocycles. The van der Waals surface area contributed by atoms with Crippen molar-refractivity contribution in [3.63, 3.8) is 0 Å². The van der Waals surface area contributed by atoms with Gasteiger partial charge in [-0.25, -0.2) is 9.78 Å². The second-order valence-corrected chi connectivity index (χ2v) is 6.26. The third-order valence-electron chi connectivity index (χ3n) is 4.50. The van der Waals surface area contributed by atoms with Crippen LogP contribution in [-0.4, -0.2) is 23.7 Å². The van der Waals surface area contributed by atoms with Crippen molar-refractivity contribution in [1.29, 1.82) is 0 Å². The normalized spacial score (nSPS) is 16.4. The standard InChI is InChI=1S/C20H19N3O3/c1-13(17-12-26-18-8-3-2-7-16(17)18)22-20(24)23-15-6-4-5-14(11-15)19-21-9-10-25-19/h2-11,13,17H,12H2,1H3,(H2,22,23,24)/t13-,17+/m0/s1. The summed E-state index contributed by atoms with van der Waals surface area (Å²) in [5.74, 6) is 1.54. The molecule has 0 radical (unpaired) electrons. The van der Waals surface area contributed by atoms with Crippen molar-refractivity contribution >= 4 is 11.7 Å². The number of fused-ring (bicyclic) bond motifs is 1. The molecule has 0 aliphatic carbocycles. The fourth-order valence-electron chi connectivity index (χ4n) is 3.17. The Balaban J connectivity index is 1.41. The summed E-state index contributed by atoms with van der Waals surface area (Å²) in [6.07, 6.45) is 3.11. The van der Waals surface area contributed by atoms with Crippen molar-refractivity contribution in [2.45, 2.75) is 18.9 Å². The van der Waals surface area contributed by atoms with E-state index in [0.29, 0.717) is 18.2 Å². The minimum atomic E-state index is -0.258. The summed E-state index contributed by atoms with van der Waals surface area (Å²) >= 11 is 0. The first kappa shape index (κ1) is 16.2. The molecule has 0 unspecified atom stereocenters. The number of amides is 2. The molecule has 1 aromatic heterocycles. The van der Waals surface area contributed by atoms with Crippen LogP contribution in [0.4, 0.5) is 10.5 Å². The van der Waals surface area contributed by atoms with Crippen molar-refractivity contribution in [3.05, 3.63) is 66.6 Å². The number of aromatic nitrogens is 1. The Kier molecular flexibility index (Phi) is 4.31. The van der Waals surface area contributed by atoms with Crippen LogP contribution >= 0.6 is 0 Å². The van der Waals surface area contributed by atoms with Gasteiger partial charge in [-0.2, -0.15) is 0 Å². The zero-order chi connectivity index (χ0) is 17.9. The average molecular weight is 349 g/mol. The van der Waals surface area contributed by atoms with E-state index < -0.39 is 0 Å². The molecule has 2 atom stereocenters. The third kappa shape index (κ3) is 3.26. The van der Waals surface area contributed by atoms with E-state index >= 15 is 0 Å². The zero-order valence-electron chi connectivity index (χ0n) is 14.3. The SMILES string of the molecule is C[C@H](NC(=O)Nc1cccc(-c2ncco2)c1)[C@H]1COc2ccccc21. The van der Waals surface area contributed by atoms with Gasteiger partial charge in [0, 0.05) is 28.8 Å². The molecule has 26 heavy (non-hydrogen) atoms. The van der Waals surface area contributed by atoms with Crippen molar-refractivity contribution in [1.82, 2.24) is 10.3 Å². The van der Waals surface area contributed by atoms with Crippen molar-refractivity contribution in [2.75, 3.05) is 11.9 Å². The van der Waals surface area contributed by atoms with Gasteiger partial charge in [-0.05, 0) is 31.2 Å². The molecule has 0 saturated heterocycles. The van der Waals surface area contributed by atoms with Gasteiger partial charge in [0.1, 0.15) is 12.0 Å². The molecule has 4 rings (SSSR count). The van der Waals surface area contributed by atoms with Crippen molar-refractivity contribution in [2.24, 2.45) is 0 Å². The monoisotopic (exact) mass is 349 g/mol. The van der Waals surface area contributed by atoms with E-state index in [1.165, 1.54) is 6.26 Å². The van der Waals surface area contributed by atoms with Gasteiger partial charge in [0.25, 0.3) is 0 Å². The first-order valence-corrected chi connectivity index (χ1v) is 8.50. The molecule has 1 aliphatic heterocycles. The minimum absolute atomic E-state index is 0.0615. The number of carbonyl (C=O) groups excluding carboxylic acids is 1. The summed E-state index contributed by atoms with van der Waals surface area (Å²) in [5, 5.41) is 5.86. The highest BCUT2D eigenvalue weighted by atomic mass is 16.5. The highest BCUT2D eigenvalue weighted by Crippen LogP contribution is 2.35. The van der Waals surface area contributed by atoms with Crippen LogP contribution in [0.15, 0.2) is 65.4 Å². The molecule has 2 N–H and O–H groups in total. The van der Waals surface area contributed by atoms with Crippen LogP contribution in [0.1, 0.15) is 18.4 Å². The Labute approximate surface area is 151 Å². The molecule has 3 aromatic rings. The molecule has 2 amide bonds. The van der Waals surface area contributed by atoms with Crippen LogP contribution in [0.3, 0.4) is 0 Å². The number of rotatable bonds is 4. The predicted octanol–water partition coefficient (Wildman–Crippen LogP) is 4.03. The molecule has 6 heteroatoms. The Morgan fingerprint density at radius 3 is 2.96 bits per heavy atom. The molecular weight excluding hydrogens is 330 g/mol. The van der Waals surface area contributed by atoms with E-state index in [4.69, 9.17) is 9.15 Å². The van der Waals surface area contributed by atoms with Gasteiger partial charge in [-0.3, -0.25) is 0 Å². The number of hydrogen-bond acceptors (Lipinski definition) is 4. The summed E-state index contributed by atoms with van der Waals surface area (Å²) in [6.45, 7) is 2.55. The fourth-order valence-corrected chi connectivity index (χ4v) is 3.17. The highest BCUT2D eigenvalue weighted by molar-refractivity contribution is 5.90. The summed E-state index contributed by atoms with van der Waals surface area (Å²) in [4.78, 5) is 16.5. The number of para-hydroxylation sites is 1. The van der Waals surface area contributed by atoms with Gasteiger partial charge in [0.2, 0.25) is 5.89 Å². The summed E-state index contributed by atoms with van der Waals surface area (Å²) in [6, 6.07) is 15.0. The zero-order valence-corrected chi connectivity index (χ0v) is 14.3. The van der Waals surface area contributed by atoms with Crippen LogP contribution in [0, 0.1) is 0 Å². The lowest BCUT2D eigenvalue weighted by Gasteiger charge is -2.20. The van der Waals surface area contributed by atoms with Gasteiger partial charge < -0.3 is 19.8 Å². The summed E-state index contributed by atoms with van der Waals surface area (Å²) in [5.41, 5.74) is 2.61. The Hall–Kier alpha value is -3.28. The first-order chi connectivity index (χ1) is 12.7. The van der Waals surface area contributed by atoms with E-state index in [0.717, 1.165) is 16.9 Å². The predicted molar refractivity (Wildman–Crippen MR) is 98.2 cm³/mol. The number of anilines is 1. The minimum Gasteiger partial charge on any atom is -0.493 e. The summed E-state index contributed by atoms with van der Waals surface area (Å²) < 4.78 is 11.0. The number of carbonyl (C=O) groups is 1. The third-order valence-corrected chi connectivity index (χ3v) is 4.50. The van der Waals surface area contributed by atoms with E-state index in [2.05, 4.69) is 15.6 Å². The van der Waals surface area contributed by atoms with E-state index in [1.54, 1.807) is 6.20 Å². The average Bonchev–Trinajstić information content (AvgIpc) is 3.32. The lowest BCUT2D eigenvalue weighted by Crippen LogP contribution is -2.40. The largest absolute Gasteiger partial charge is 0.493 e. The Bertz CT molecular complexity index is 908. The number of oxazole rings is 1. The lowest BCUT2D eigenvalue weighted by molar-refractivity contribution is 0.244. The number of hydrogen-bond donors (Lipinski definition) is 2. The molecule has 0 spiro atoms. The summed E-state index contributed by atoms with van der Waals surface area (Å²) in [7, 11) is 0. The van der Waals surface area contributed by atoms with Gasteiger partial charge in [-0.1, -0.05) is 24.3 Å². The number of nitrogens with one attached hydrogen (secondary N) is 2. The Morgan fingerprint density at radius 1 is 1.23 bits per heavy atom. The molecule has 132 valence electrons. The Morgan fingerprint density at radius 2 is 2.12 bits per heavy atom. The van der Waals surface area contributed by atoms with E-state index in [1.807, 2.05) is 55.5 Å². The maximum atomic E-state index is 12.4. The molecule has 1 aliphatic rings. The van der Waals surface area contributed by atoms with Gasteiger partial charge >= 0.3 is 6.03 Å². The first-order valence-electron chi connectivity index (χ1n) is 8.50. The highest BCUT2D eigenvalue weighted by Gasteiger charge is 2.29. The smallest absolute Gasteiger partial charge is 0.319 e. The van der Waals surface area contributed by atoms with Crippen molar-refractivity contribution < 1.29 is 13.9 Å². The molecular formula is C20H19N3O3. The van der Waals surface area contributed by atoms with Crippen molar-refractivity contribution in [3.8, 4) is 17.2 Å². The van der Waals surface area contributed by atoms with Gasteiger partial charge in [0.05, 0.1) is 12.8 Å². The quantitative estimate of drug-likeness (QED) is 0.746. The van der Waals surface area contributed by atoms with E-state index in [-0.39, 0.29) is 18.0 Å². The number of benzene rings is 2.